The van der Waals surface area contributed by atoms with Gasteiger partial charge in [0.2, 0.25) is 5.91 Å². The van der Waals surface area contributed by atoms with E-state index in [4.69, 9.17) is 0 Å². The maximum Gasteiger partial charge on any atom is 0.220 e. The zero-order chi connectivity index (χ0) is 15.7. The molecule has 0 saturated heterocycles. The number of imidazole rings is 1. The zero-order valence-electron chi connectivity index (χ0n) is 13.0. The molecule has 0 spiro atoms. The van der Waals surface area contributed by atoms with Crippen molar-refractivity contribution in [2.24, 2.45) is 7.05 Å². The van der Waals surface area contributed by atoms with Crippen LogP contribution in [0.25, 0.3) is 4.96 Å². The second kappa shape index (κ2) is 5.92. The van der Waals surface area contributed by atoms with Crippen LogP contribution in [0.15, 0.2) is 18.6 Å². The summed E-state index contributed by atoms with van der Waals surface area (Å²) in [5, 5.41) is 7.09. The topological polar surface area (TPSA) is 64.2 Å². The number of aryl methyl sites for hydroxylation is 4. The summed E-state index contributed by atoms with van der Waals surface area (Å²) in [4.78, 5) is 18.7. The van der Waals surface area contributed by atoms with Gasteiger partial charge in [0.05, 0.1) is 24.1 Å². The van der Waals surface area contributed by atoms with Gasteiger partial charge in [0.1, 0.15) is 0 Å². The lowest BCUT2D eigenvalue weighted by molar-refractivity contribution is -0.121. The number of carbonyl (C=O) groups excluding carboxylic acids is 1. The Morgan fingerprint density at radius 1 is 1.36 bits per heavy atom. The summed E-state index contributed by atoms with van der Waals surface area (Å²) in [6, 6.07) is 0. The summed E-state index contributed by atoms with van der Waals surface area (Å²) in [5.74, 6) is 0.0464. The first-order valence-corrected chi connectivity index (χ1v) is 8.03. The molecular formula is C15H19N5OS. The highest BCUT2D eigenvalue weighted by Gasteiger charge is 2.12. The molecule has 0 atom stereocenters. The molecule has 0 bridgehead atoms. The van der Waals surface area contributed by atoms with Gasteiger partial charge >= 0.3 is 0 Å². The lowest BCUT2D eigenvalue weighted by atomic mass is 10.2. The van der Waals surface area contributed by atoms with Crippen molar-refractivity contribution in [2.45, 2.75) is 33.2 Å². The molecule has 0 aromatic carbocycles. The highest BCUT2D eigenvalue weighted by molar-refractivity contribution is 7.17. The van der Waals surface area contributed by atoms with E-state index in [9.17, 15) is 4.79 Å². The Morgan fingerprint density at radius 2 is 2.18 bits per heavy atom. The molecule has 6 nitrogen and oxygen atoms in total. The third kappa shape index (κ3) is 3.04. The van der Waals surface area contributed by atoms with Crippen molar-refractivity contribution >= 4 is 22.2 Å². The molecule has 0 aliphatic heterocycles. The van der Waals surface area contributed by atoms with Crippen molar-refractivity contribution in [1.29, 1.82) is 0 Å². The summed E-state index contributed by atoms with van der Waals surface area (Å²) in [6.07, 6.45) is 6.97. The van der Waals surface area contributed by atoms with Crippen LogP contribution in [0.2, 0.25) is 0 Å². The number of aromatic nitrogens is 4. The summed E-state index contributed by atoms with van der Waals surface area (Å²) in [7, 11) is 1.88. The van der Waals surface area contributed by atoms with Gasteiger partial charge in [-0.1, -0.05) is 0 Å². The first-order valence-electron chi connectivity index (χ1n) is 7.21. The highest BCUT2D eigenvalue weighted by atomic mass is 32.1. The van der Waals surface area contributed by atoms with Crippen LogP contribution in [0.1, 0.15) is 28.2 Å². The van der Waals surface area contributed by atoms with E-state index < -0.39 is 0 Å². The number of thiazole rings is 1. The average Bonchev–Trinajstić information content (AvgIpc) is 3.09. The smallest absolute Gasteiger partial charge is 0.220 e. The maximum absolute atomic E-state index is 12.0. The fraction of sp³-hybridized carbons (Fsp3) is 0.400. The molecule has 1 N–H and O–H groups in total. The summed E-state index contributed by atoms with van der Waals surface area (Å²) in [5.41, 5.74) is 3.10. The predicted octanol–water partition coefficient (Wildman–Crippen LogP) is 2.00. The Kier molecular flexibility index (Phi) is 3.98. The minimum Gasteiger partial charge on any atom is -0.350 e. The molecule has 22 heavy (non-hydrogen) atoms. The molecule has 0 saturated carbocycles. The van der Waals surface area contributed by atoms with Crippen molar-refractivity contribution < 1.29 is 4.79 Å². The third-order valence-electron chi connectivity index (χ3n) is 3.59. The summed E-state index contributed by atoms with van der Waals surface area (Å²) < 4.78 is 3.81. The fourth-order valence-corrected chi connectivity index (χ4v) is 3.34. The van der Waals surface area contributed by atoms with Crippen LogP contribution < -0.4 is 5.32 Å². The summed E-state index contributed by atoms with van der Waals surface area (Å²) >= 11 is 1.66. The van der Waals surface area contributed by atoms with Gasteiger partial charge in [0.25, 0.3) is 0 Å². The van der Waals surface area contributed by atoms with Crippen LogP contribution in [0.3, 0.4) is 0 Å². The van der Waals surface area contributed by atoms with Crippen molar-refractivity contribution in [3.63, 3.8) is 0 Å². The molecule has 0 aliphatic carbocycles. The number of nitrogens with one attached hydrogen (secondary N) is 1. The number of amides is 1. The van der Waals surface area contributed by atoms with Crippen LogP contribution in [0.5, 0.6) is 0 Å². The van der Waals surface area contributed by atoms with Crippen LogP contribution in [-0.4, -0.2) is 25.1 Å². The fourth-order valence-electron chi connectivity index (χ4n) is 2.45. The molecule has 7 heteroatoms. The van der Waals surface area contributed by atoms with E-state index >= 15 is 0 Å². The Morgan fingerprint density at radius 3 is 2.91 bits per heavy atom. The molecule has 0 aliphatic rings. The molecule has 3 aromatic rings. The van der Waals surface area contributed by atoms with Gasteiger partial charge in [-0.15, -0.1) is 11.3 Å². The lowest BCUT2D eigenvalue weighted by Crippen LogP contribution is -2.24. The van der Waals surface area contributed by atoms with Crippen molar-refractivity contribution in [3.05, 3.63) is 40.4 Å². The van der Waals surface area contributed by atoms with E-state index in [0.717, 1.165) is 21.9 Å². The van der Waals surface area contributed by atoms with E-state index in [1.807, 2.05) is 20.2 Å². The van der Waals surface area contributed by atoms with Crippen molar-refractivity contribution in [2.75, 3.05) is 0 Å². The molecule has 0 unspecified atom stereocenters. The number of rotatable bonds is 5. The highest BCUT2D eigenvalue weighted by Crippen LogP contribution is 2.20. The molecule has 0 radical (unpaired) electrons. The SMILES string of the molecule is Cc1cn2c(CNC(=O)CCc3cnn(C)c3)c(C)nc2s1. The van der Waals surface area contributed by atoms with Crippen LogP contribution in [-0.2, 0) is 24.8 Å². The van der Waals surface area contributed by atoms with E-state index in [2.05, 4.69) is 32.9 Å². The molecule has 1 amide bonds. The minimum atomic E-state index is 0.0464. The number of nitrogens with zero attached hydrogens (tertiary/aromatic N) is 4. The Balaban J connectivity index is 1.59. The minimum absolute atomic E-state index is 0.0464. The van der Waals surface area contributed by atoms with Gasteiger partial charge in [-0.2, -0.15) is 5.10 Å². The van der Waals surface area contributed by atoms with E-state index in [1.165, 1.54) is 4.88 Å². The van der Waals surface area contributed by atoms with Gasteiger partial charge in [-0.25, -0.2) is 4.98 Å². The number of carbonyl (C=O) groups is 1. The quantitative estimate of drug-likeness (QED) is 0.783. The number of hydrogen-bond donors (Lipinski definition) is 1. The number of hydrogen-bond acceptors (Lipinski definition) is 4. The molecule has 116 valence electrons. The molecule has 3 aromatic heterocycles. The molecule has 0 fully saturated rings. The van der Waals surface area contributed by atoms with E-state index in [1.54, 1.807) is 22.2 Å². The standard InChI is InChI=1S/C15H19N5OS/c1-10-8-20-13(11(2)18-15(20)22-10)7-16-14(21)5-4-12-6-17-19(3)9-12/h6,8-9H,4-5,7H2,1-3H3,(H,16,21). The maximum atomic E-state index is 12.0. The van der Waals surface area contributed by atoms with Crippen LogP contribution in [0, 0.1) is 13.8 Å². The van der Waals surface area contributed by atoms with Crippen LogP contribution in [0.4, 0.5) is 0 Å². The first-order chi connectivity index (χ1) is 10.5. The molecular weight excluding hydrogens is 298 g/mol. The Labute approximate surface area is 132 Å². The largest absolute Gasteiger partial charge is 0.350 e. The average molecular weight is 317 g/mol. The molecule has 3 rings (SSSR count). The second-order valence-corrected chi connectivity index (χ2v) is 6.65. The predicted molar refractivity (Wildman–Crippen MR) is 85.9 cm³/mol. The summed E-state index contributed by atoms with van der Waals surface area (Å²) in [6.45, 7) is 4.55. The normalized spacial score (nSPS) is 11.2. The molecule has 3 heterocycles. The van der Waals surface area contributed by atoms with Gasteiger partial charge in [0.15, 0.2) is 4.96 Å². The third-order valence-corrected chi connectivity index (χ3v) is 4.49. The monoisotopic (exact) mass is 317 g/mol. The van der Waals surface area contributed by atoms with Gasteiger partial charge in [-0.3, -0.25) is 13.9 Å². The van der Waals surface area contributed by atoms with E-state index in [-0.39, 0.29) is 5.91 Å². The van der Waals surface area contributed by atoms with Crippen molar-refractivity contribution in [3.8, 4) is 0 Å². The second-order valence-electron chi connectivity index (χ2n) is 5.44. The Bertz CT molecular complexity index is 813. The number of fused-ring (bicyclic) bond motifs is 1. The van der Waals surface area contributed by atoms with E-state index in [0.29, 0.717) is 19.4 Å². The van der Waals surface area contributed by atoms with Crippen LogP contribution >= 0.6 is 11.3 Å². The first kappa shape index (κ1) is 14.8. The van der Waals surface area contributed by atoms with Gasteiger partial charge in [-0.05, 0) is 25.8 Å². The van der Waals surface area contributed by atoms with Gasteiger partial charge < -0.3 is 5.32 Å². The Hall–Kier alpha value is -2.15. The lowest BCUT2D eigenvalue weighted by Gasteiger charge is -2.05. The zero-order valence-corrected chi connectivity index (χ0v) is 13.8. The van der Waals surface area contributed by atoms with Crippen molar-refractivity contribution in [1.82, 2.24) is 24.5 Å². The van der Waals surface area contributed by atoms with Gasteiger partial charge in [0, 0.05) is 30.7 Å².